The van der Waals surface area contributed by atoms with Gasteiger partial charge in [-0.3, -0.25) is 14.4 Å². The number of carboxylic acid groups (broad SMARTS) is 1. The van der Waals surface area contributed by atoms with Crippen LogP contribution in [0.25, 0.3) is 0 Å². The highest BCUT2D eigenvalue weighted by atomic mass is 16.7. The SMILES string of the molecule is CCC[C@H](CC(C)C[C@H](C)CC[C@H]1O[C@@](O)(C(=O)C(=O)N2CCCC[C@H]2C(=O)O)[C@H](C)C[C@@H]1OC)C(=N)CC[C@@H](C)CC(C)CC1CC[C@@H](OC(=O)NCC(=O)OCC)[C@H](OC)C1. The van der Waals surface area contributed by atoms with Gasteiger partial charge in [0.2, 0.25) is 5.79 Å². The van der Waals surface area contributed by atoms with Gasteiger partial charge in [-0.1, -0.05) is 48.0 Å². The molecular weight excluding hydrogens is 811 g/mol. The standard InChI is InChI=1S/C48H83N3O12/c1-10-14-36(37(49)19-16-30(3)23-32(5)25-35-18-21-39(42(28-35)60-9)62-47(57)50-29-43(52)61-11-2)26-33(6)24-31(4)17-20-40-41(59-8)27-34(7)48(58,63-40)44(53)45(54)51-22-13-12-15-38(51)46(55)56/h30-36,38-42,49,58H,10-29H2,1-9H3,(H,50,57)(H,55,56)/t30-,31-,32?,33?,34-,35?,36-,38+,39-,40-,41+,42-,48-/m1/s1. The molecule has 0 spiro atoms. The number of Topliss-reactive ketones (excluding diaryl/α,β-unsaturated/α-hetero) is 1. The first-order valence-corrected chi connectivity index (χ1v) is 24.1. The van der Waals surface area contributed by atoms with Crippen LogP contribution in [0.2, 0.25) is 0 Å². The topological polar surface area (TPSA) is 211 Å². The van der Waals surface area contributed by atoms with E-state index in [-0.39, 0.29) is 50.3 Å². The number of esters is 1. The fraction of sp³-hybridized carbons (Fsp3) is 0.875. The van der Waals surface area contributed by atoms with Crippen molar-refractivity contribution in [2.24, 2.45) is 41.4 Å². The molecule has 15 nitrogen and oxygen atoms in total. The van der Waals surface area contributed by atoms with E-state index in [0.29, 0.717) is 61.7 Å². The number of carbonyl (C=O) groups is 5. The van der Waals surface area contributed by atoms with Crippen molar-refractivity contribution >= 4 is 35.4 Å². The first-order chi connectivity index (χ1) is 29.9. The lowest BCUT2D eigenvalue weighted by Gasteiger charge is -2.45. The number of nitrogens with zero attached hydrogens (tertiary/aromatic N) is 1. The number of aliphatic hydroxyl groups is 1. The number of rotatable bonds is 26. The van der Waals surface area contributed by atoms with Crippen molar-refractivity contribution in [3.8, 4) is 0 Å². The molecule has 0 aromatic heterocycles. The molecule has 63 heavy (non-hydrogen) atoms. The minimum absolute atomic E-state index is 0.146. The number of amides is 2. The zero-order chi connectivity index (χ0) is 46.9. The van der Waals surface area contributed by atoms with E-state index in [4.69, 9.17) is 29.1 Å². The Bertz CT molecular complexity index is 1480. The van der Waals surface area contributed by atoms with Crippen LogP contribution >= 0.6 is 0 Å². The van der Waals surface area contributed by atoms with Gasteiger partial charge in [0.05, 0.1) is 24.9 Å². The maximum atomic E-state index is 13.6. The van der Waals surface area contributed by atoms with Gasteiger partial charge in [0.25, 0.3) is 11.7 Å². The van der Waals surface area contributed by atoms with Crippen LogP contribution in [-0.4, -0.2) is 121 Å². The number of ketones is 1. The first kappa shape index (κ1) is 54.2. The van der Waals surface area contributed by atoms with Crippen LogP contribution in [0.3, 0.4) is 0 Å². The van der Waals surface area contributed by atoms with Crippen LogP contribution < -0.4 is 5.32 Å². The lowest BCUT2D eigenvalue weighted by molar-refractivity contribution is -0.287. The highest BCUT2D eigenvalue weighted by molar-refractivity contribution is 6.39. The van der Waals surface area contributed by atoms with E-state index in [2.05, 4.69) is 39.9 Å². The number of carbonyl (C=O) groups excluding carboxylic acids is 4. The van der Waals surface area contributed by atoms with Crippen LogP contribution in [0.1, 0.15) is 158 Å². The maximum absolute atomic E-state index is 13.6. The summed E-state index contributed by atoms with van der Waals surface area (Å²) in [5, 5.41) is 32.9. The molecule has 0 radical (unpaired) electrons. The molecule has 3 rings (SSSR count). The van der Waals surface area contributed by atoms with Crippen molar-refractivity contribution in [1.82, 2.24) is 10.2 Å². The maximum Gasteiger partial charge on any atom is 0.407 e. The van der Waals surface area contributed by atoms with Gasteiger partial charge in [0.15, 0.2) is 0 Å². The van der Waals surface area contributed by atoms with Crippen molar-refractivity contribution in [2.75, 3.05) is 33.9 Å². The highest BCUT2D eigenvalue weighted by Crippen LogP contribution is 2.39. The van der Waals surface area contributed by atoms with Crippen LogP contribution in [0.15, 0.2) is 0 Å². The third kappa shape index (κ3) is 16.7. The quantitative estimate of drug-likeness (QED) is 0.0374. The van der Waals surface area contributed by atoms with Gasteiger partial charge in [-0.25, -0.2) is 9.59 Å². The number of alkyl carbamates (subject to hydrolysis) is 1. The number of hydrogen-bond acceptors (Lipinski definition) is 12. The van der Waals surface area contributed by atoms with Gasteiger partial charge in [0, 0.05) is 32.4 Å². The summed E-state index contributed by atoms with van der Waals surface area (Å²) in [4.78, 5) is 63.8. The summed E-state index contributed by atoms with van der Waals surface area (Å²) >= 11 is 0. The summed E-state index contributed by atoms with van der Waals surface area (Å²) in [7, 11) is 3.23. The number of likely N-dealkylation sites (tertiary alicyclic amines) is 1. The number of hydrogen-bond donors (Lipinski definition) is 4. The molecule has 3 aliphatic rings. The minimum Gasteiger partial charge on any atom is -0.480 e. The molecule has 3 fully saturated rings. The fourth-order valence-corrected chi connectivity index (χ4v) is 10.6. The lowest BCUT2D eigenvalue weighted by atomic mass is 9.78. The Hall–Kier alpha value is -3.14. The average molecular weight is 894 g/mol. The largest absolute Gasteiger partial charge is 0.480 e. The van der Waals surface area contributed by atoms with E-state index < -0.39 is 53.6 Å². The molecule has 4 N–H and O–H groups in total. The van der Waals surface area contributed by atoms with Crippen molar-refractivity contribution in [3.63, 3.8) is 0 Å². The molecule has 1 aliphatic carbocycles. The number of aliphatic carboxylic acids is 1. The summed E-state index contributed by atoms with van der Waals surface area (Å²) in [6.45, 7) is 14.8. The Kier molecular flexibility index (Phi) is 23.0. The average Bonchev–Trinajstić information content (AvgIpc) is 3.24. The van der Waals surface area contributed by atoms with Gasteiger partial charge in [-0.2, -0.15) is 0 Å². The summed E-state index contributed by atoms with van der Waals surface area (Å²) in [6, 6.07) is -1.10. The Labute approximate surface area is 377 Å². The third-order valence-corrected chi connectivity index (χ3v) is 14.0. The molecular formula is C48H83N3O12. The van der Waals surface area contributed by atoms with Crippen molar-refractivity contribution in [3.05, 3.63) is 0 Å². The molecule has 2 amide bonds. The van der Waals surface area contributed by atoms with E-state index >= 15 is 0 Å². The van der Waals surface area contributed by atoms with Gasteiger partial charge in [-0.05, 0) is 145 Å². The van der Waals surface area contributed by atoms with Gasteiger partial charge < -0.3 is 49.5 Å². The molecule has 0 aromatic rings. The number of carboxylic acids is 1. The Morgan fingerprint density at radius 2 is 1.54 bits per heavy atom. The summed E-state index contributed by atoms with van der Waals surface area (Å²) < 4.78 is 28.1. The second-order valence-corrected chi connectivity index (χ2v) is 19.5. The Balaban J connectivity index is 1.44. The van der Waals surface area contributed by atoms with E-state index in [1.54, 1.807) is 28.1 Å². The molecule has 0 aromatic carbocycles. The fourth-order valence-electron chi connectivity index (χ4n) is 10.6. The van der Waals surface area contributed by atoms with Gasteiger partial charge in [-0.15, -0.1) is 0 Å². The minimum atomic E-state index is -2.36. The van der Waals surface area contributed by atoms with E-state index in [1.807, 2.05) is 0 Å². The molecule has 362 valence electrons. The molecule has 2 heterocycles. The zero-order valence-corrected chi connectivity index (χ0v) is 40.0. The predicted octanol–water partition coefficient (Wildman–Crippen LogP) is 7.72. The third-order valence-electron chi connectivity index (χ3n) is 14.0. The number of nitrogens with one attached hydrogen (secondary N) is 2. The molecule has 0 bridgehead atoms. The Morgan fingerprint density at radius 1 is 0.857 bits per heavy atom. The normalized spacial score (nSPS) is 28.8. The predicted molar refractivity (Wildman–Crippen MR) is 239 cm³/mol. The molecule has 15 heteroatoms. The smallest absolute Gasteiger partial charge is 0.407 e. The monoisotopic (exact) mass is 894 g/mol. The van der Waals surface area contributed by atoms with Crippen LogP contribution in [0.5, 0.6) is 0 Å². The van der Waals surface area contributed by atoms with E-state index in [1.165, 1.54) is 0 Å². The van der Waals surface area contributed by atoms with Crippen LogP contribution in [0.4, 0.5) is 4.79 Å². The summed E-state index contributed by atoms with van der Waals surface area (Å²) in [5.74, 6) is -4.48. The summed E-state index contributed by atoms with van der Waals surface area (Å²) in [5.41, 5.74) is 0.841. The number of piperidine rings is 1. The number of ether oxygens (including phenoxy) is 5. The zero-order valence-electron chi connectivity index (χ0n) is 40.0. The second-order valence-electron chi connectivity index (χ2n) is 19.5. The van der Waals surface area contributed by atoms with Crippen molar-refractivity contribution in [1.29, 1.82) is 5.41 Å². The van der Waals surface area contributed by atoms with Crippen LogP contribution in [-0.2, 0) is 42.9 Å². The lowest BCUT2D eigenvalue weighted by Crippen LogP contribution is -2.62. The molecule has 2 aliphatic heterocycles. The van der Waals surface area contributed by atoms with E-state index in [0.717, 1.165) is 81.2 Å². The molecule has 1 saturated carbocycles. The van der Waals surface area contributed by atoms with Gasteiger partial charge >= 0.3 is 18.0 Å². The number of methoxy groups -OCH3 is 2. The van der Waals surface area contributed by atoms with Crippen molar-refractivity contribution in [2.45, 2.75) is 194 Å². The molecule has 3 unspecified atom stereocenters. The van der Waals surface area contributed by atoms with E-state index in [9.17, 15) is 34.2 Å². The van der Waals surface area contributed by atoms with Gasteiger partial charge in [0.1, 0.15) is 18.7 Å². The van der Waals surface area contributed by atoms with Crippen molar-refractivity contribution < 1.29 is 57.9 Å². The second kappa shape index (κ2) is 26.7. The molecule has 2 saturated heterocycles. The first-order valence-electron chi connectivity index (χ1n) is 24.1. The summed E-state index contributed by atoms with van der Waals surface area (Å²) in [6.07, 6.45) is 11.2. The Morgan fingerprint density at radius 3 is 2.19 bits per heavy atom. The molecule has 13 atom stereocenters. The highest BCUT2D eigenvalue weighted by Gasteiger charge is 2.55. The van der Waals surface area contributed by atoms with Crippen LogP contribution in [0, 0.1) is 46.8 Å².